The van der Waals surface area contributed by atoms with Gasteiger partial charge in [0.25, 0.3) is 0 Å². The summed E-state index contributed by atoms with van der Waals surface area (Å²) in [5, 5.41) is 23.1. The summed E-state index contributed by atoms with van der Waals surface area (Å²) in [7, 11) is 0. The monoisotopic (exact) mass is 258 g/mol. The van der Waals surface area contributed by atoms with Crippen LogP contribution in [-0.2, 0) is 0 Å². The number of aromatic nitrogens is 1. The smallest absolute Gasteiger partial charge is 0.188 e. The quantitative estimate of drug-likeness (QED) is 0.899. The van der Waals surface area contributed by atoms with E-state index in [9.17, 15) is 9.90 Å². The van der Waals surface area contributed by atoms with Crippen LogP contribution in [0.2, 0.25) is 0 Å². The van der Waals surface area contributed by atoms with Gasteiger partial charge in [0, 0.05) is 0 Å². The molecule has 1 aromatic carbocycles. The second-order valence-electron chi connectivity index (χ2n) is 3.50. The van der Waals surface area contributed by atoms with E-state index in [4.69, 9.17) is 5.26 Å². The van der Waals surface area contributed by atoms with Gasteiger partial charge in [0.05, 0.1) is 27.8 Å². The molecule has 0 unspecified atom stereocenters. The van der Waals surface area contributed by atoms with Crippen LogP contribution in [0.15, 0.2) is 24.3 Å². The first-order chi connectivity index (χ1) is 8.61. The fourth-order valence-corrected chi connectivity index (χ4v) is 2.26. The number of rotatable bonds is 3. The van der Waals surface area contributed by atoms with E-state index in [1.165, 1.54) is 0 Å². The standard InChI is InChI=1S/C12H9N3O2S/c1-7-10(11(16)17)18-12(14-7)15-9-5-3-2-4-8(9)6-13/h2-5H,1H3,(H,14,15)(H,16,17)/p-1. The molecular formula is C12H8N3O2S-. The second-order valence-corrected chi connectivity index (χ2v) is 4.50. The molecule has 5 nitrogen and oxygen atoms in total. The molecule has 0 fully saturated rings. The van der Waals surface area contributed by atoms with Crippen LogP contribution in [0.1, 0.15) is 20.9 Å². The highest BCUT2D eigenvalue weighted by molar-refractivity contribution is 7.17. The van der Waals surface area contributed by atoms with Crippen LogP contribution in [-0.4, -0.2) is 11.0 Å². The van der Waals surface area contributed by atoms with Gasteiger partial charge in [0.15, 0.2) is 5.13 Å². The number of benzene rings is 1. The van der Waals surface area contributed by atoms with Crippen LogP contribution in [0.3, 0.4) is 0 Å². The number of aryl methyl sites for hydroxylation is 1. The van der Waals surface area contributed by atoms with E-state index in [-0.39, 0.29) is 4.88 Å². The average Bonchev–Trinajstić information content (AvgIpc) is 2.71. The highest BCUT2D eigenvalue weighted by atomic mass is 32.1. The van der Waals surface area contributed by atoms with Crippen molar-refractivity contribution in [3.8, 4) is 6.07 Å². The Morgan fingerprint density at radius 2 is 2.22 bits per heavy atom. The normalized spacial score (nSPS) is 9.78. The number of hydrogen-bond acceptors (Lipinski definition) is 6. The lowest BCUT2D eigenvalue weighted by molar-refractivity contribution is -0.254. The molecule has 18 heavy (non-hydrogen) atoms. The predicted octanol–water partition coefficient (Wildman–Crippen LogP) is 1.43. The molecule has 0 saturated carbocycles. The van der Waals surface area contributed by atoms with Crippen molar-refractivity contribution in [2.45, 2.75) is 6.92 Å². The van der Waals surface area contributed by atoms with Crippen molar-refractivity contribution in [3.05, 3.63) is 40.4 Å². The van der Waals surface area contributed by atoms with E-state index in [0.29, 0.717) is 22.1 Å². The summed E-state index contributed by atoms with van der Waals surface area (Å²) < 4.78 is 0. The molecule has 0 spiro atoms. The SMILES string of the molecule is Cc1nc(Nc2ccccc2C#N)sc1C(=O)[O-]. The number of carboxylic acids is 1. The Morgan fingerprint density at radius 3 is 2.83 bits per heavy atom. The van der Waals surface area contributed by atoms with E-state index in [2.05, 4.69) is 10.3 Å². The van der Waals surface area contributed by atoms with Gasteiger partial charge >= 0.3 is 0 Å². The fourth-order valence-electron chi connectivity index (χ4n) is 1.44. The van der Waals surface area contributed by atoms with Crippen LogP contribution >= 0.6 is 11.3 Å². The first kappa shape index (κ1) is 12.1. The molecule has 1 N–H and O–H groups in total. The summed E-state index contributed by atoms with van der Waals surface area (Å²) in [6.45, 7) is 1.60. The maximum Gasteiger partial charge on any atom is 0.188 e. The molecular weight excluding hydrogens is 250 g/mol. The minimum absolute atomic E-state index is 0.0898. The molecule has 2 aromatic rings. The van der Waals surface area contributed by atoms with E-state index in [0.717, 1.165) is 11.3 Å². The number of carbonyl (C=O) groups is 1. The molecule has 90 valence electrons. The lowest BCUT2D eigenvalue weighted by atomic mass is 10.2. The van der Waals surface area contributed by atoms with Gasteiger partial charge in [-0.3, -0.25) is 0 Å². The summed E-state index contributed by atoms with van der Waals surface area (Å²) in [6, 6.07) is 8.98. The minimum atomic E-state index is -1.24. The lowest BCUT2D eigenvalue weighted by Crippen LogP contribution is -2.21. The highest BCUT2D eigenvalue weighted by Gasteiger charge is 2.09. The van der Waals surface area contributed by atoms with Crippen LogP contribution in [0.5, 0.6) is 0 Å². The molecule has 0 aliphatic carbocycles. The van der Waals surface area contributed by atoms with Gasteiger partial charge in [0.2, 0.25) is 0 Å². The molecule has 0 atom stereocenters. The summed E-state index contributed by atoms with van der Waals surface area (Å²) in [6.07, 6.45) is 0. The molecule has 0 aliphatic heterocycles. The van der Waals surface area contributed by atoms with Gasteiger partial charge in [-0.05, 0) is 19.1 Å². The van der Waals surface area contributed by atoms with Crippen molar-refractivity contribution in [3.63, 3.8) is 0 Å². The Bertz CT molecular complexity index is 643. The first-order valence-corrected chi connectivity index (χ1v) is 5.88. The molecule has 0 aliphatic rings. The number of carboxylic acid groups (broad SMARTS) is 1. The third-order valence-electron chi connectivity index (χ3n) is 2.27. The molecule has 0 amide bonds. The molecule has 0 bridgehead atoms. The number of nitriles is 1. The van der Waals surface area contributed by atoms with E-state index in [1.807, 2.05) is 6.07 Å². The summed E-state index contributed by atoms with van der Waals surface area (Å²) >= 11 is 0.988. The van der Waals surface area contributed by atoms with Gasteiger partial charge in [0.1, 0.15) is 6.07 Å². The Kier molecular flexibility index (Phi) is 3.26. The van der Waals surface area contributed by atoms with Crippen molar-refractivity contribution in [2.24, 2.45) is 0 Å². The summed E-state index contributed by atoms with van der Waals surface area (Å²) in [4.78, 5) is 15.0. The zero-order valence-electron chi connectivity index (χ0n) is 9.43. The zero-order chi connectivity index (χ0) is 13.1. The Hall–Kier alpha value is -2.39. The number of carbonyl (C=O) groups excluding carboxylic acids is 1. The molecule has 0 saturated heterocycles. The third-order valence-corrected chi connectivity index (χ3v) is 3.32. The molecule has 1 heterocycles. The minimum Gasteiger partial charge on any atom is -0.544 e. The number of nitrogens with one attached hydrogen (secondary N) is 1. The first-order valence-electron chi connectivity index (χ1n) is 5.06. The van der Waals surface area contributed by atoms with E-state index >= 15 is 0 Å². The Balaban J connectivity index is 2.32. The molecule has 2 rings (SSSR count). The van der Waals surface area contributed by atoms with Crippen molar-refractivity contribution < 1.29 is 9.90 Å². The van der Waals surface area contributed by atoms with Crippen LogP contribution in [0.4, 0.5) is 10.8 Å². The zero-order valence-corrected chi connectivity index (χ0v) is 10.2. The van der Waals surface area contributed by atoms with Crippen LogP contribution < -0.4 is 10.4 Å². The van der Waals surface area contributed by atoms with Gasteiger partial charge in [-0.25, -0.2) is 4.98 Å². The van der Waals surface area contributed by atoms with Crippen molar-refractivity contribution >= 4 is 28.1 Å². The lowest BCUT2D eigenvalue weighted by Gasteiger charge is -2.03. The van der Waals surface area contributed by atoms with Crippen molar-refractivity contribution in [1.82, 2.24) is 4.98 Å². The van der Waals surface area contributed by atoms with Crippen molar-refractivity contribution in [1.29, 1.82) is 5.26 Å². The summed E-state index contributed by atoms with van der Waals surface area (Å²) in [5.74, 6) is -1.24. The number of thiazole rings is 1. The second kappa shape index (κ2) is 4.85. The number of para-hydroxylation sites is 1. The predicted molar refractivity (Wildman–Crippen MR) is 65.6 cm³/mol. The van der Waals surface area contributed by atoms with Crippen molar-refractivity contribution in [2.75, 3.05) is 5.32 Å². The maximum atomic E-state index is 10.8. The molecule has 1 aromatic heterocycles. The van der Waals surface area contributed by atoms with Gasteiger partial charge in [-0.2, -0.15) is 5.26 Å². The number of aromatic carboxylic acids is 1. The molecule has 0 radical (unpaired) electrons. The van der Waals surface area contributed by atoms with E-state index in [1.54, 1.807) is 31.2 Å². The Labute approximate surface area is 107 Å². The van der Waals surface area contributed by atoms with E-state index < -0.39 is 5.97 Å². The topological polar surface area (TPSA) is 88.8 Å². The Morgan fingerprint density at radius 1 is 1.50 bits per heavy atom. The van der Waals surface area contributed by atoms with Gasteiger partial charge in [-0.15, -0.1) is 0 Å². The van der Waals surface area contributed by atoms with Gasteiger partial charge < -0.3 is 15.2 Å². The highest BCUT2D eigenvalue weighted by Crippen LogP contribution is 2.26. The average molecular weight is 258 g/mol. The van der Waals surface area contributed by atoms with Crippen LogP contribution in [0.25, 0.3) is 0 Å². The summed E-state index contributed by atoms with van der Waals surface area (Å²) in [5.41, 5.74) is 1.47. The fraction of sp³-hybridized carbons (Fsp3) is 0.0833. The largest absolute Gasteiger partial charge is 0.544 e. The number of nitrogens with zero attached hydrogens (tertiary/aromatic N) is 2. The van der Waals surface area contributed by atoms with Gasteiger partial charge in [-0.1, -0.05) is 23.5 Å². The number of hydrogen-bond donors (Lipinski definition) is 1. The van der Waals surface area contributed by atoms with Crippen LogP contribution in [0, 0.1) is 18.3 Å². The maximum absolute atomic E-state index is 10.8. The number of anilines is 2. The third kappa shape index (κ3) is 2.31. The molecule has 6 heteroatoms.